The number of aromatic nitrogens is 2. The summed E-state index contributed by atoms with van der Waals surface area (Å²) >= 11 is 1.76. The molecule has 0 unspecified atom stereocenters. The van der Waals surface area contributed by atoms with Crippen molar-refractivity contribution < 1.29 is 0 Å². The molecular formula is C16H16N2S. The molecule has 0 amide bonds. The van der Waals surface area contributed by atoms with Crippen LogP contribution >= 0.6 is 11.8 Å². The standard InChI is InChI=1S/C16H16N2S/c1-11-8-9-14-15(10-11)18-16(17-14)19-12(2)13-6-4-3-5-7-13/h3-10,12H,1-2H3,(H,17,18)/t12-/m0/s1. The van der Waals surface area contributed by atoms with Crippen molar-refractivity contribution in [1.29, 1.82) is 0 Å². The van der Waals surface area contributed by atoms with Gasteiger partial charge in [-0.25, -0.2) is 4.98 Å². The molecule has 3 rings (SSSR count). The lowest BCUT2D eigenvalue weighted by Gasteiger charge is -2.08. The fourth-order valence-electron chi connectivity index (χ4n) is 2.12. The van der Waals surface area contributed by atoms with Gasteiger partial charge in [0, 0.05) is 5.25 Å². The van der Waals surface area contributed by atoms with E-state index in [9.17, 15) is 0 Å². The Balaban J connectivity index is 1.85. The summed E-state index contributed by atoms with van der Waals surface area (Å²) in [6.07, 6.45) is 0. The number of fused-ring (bicyclic) bond motifs is 1. The molecule has 0 aliphatic heterocycles. The third-order valence-corrected chi connectivity index (χ3v) is 4.22. The molecule has 1 aromatic heterocycles. The number of rotatable bonds is 3. The molecule has 0 aliphatic rings. The second kappa shape index (κ2) is 5.10. The van der Waals surface area contributed by atoms with Crippen LogP contribution in [0.1, 0.15) is 23.3 Å². The summed E-state index contributed by atoms with van der Waals surface area (Å²) in [6, 6.07) is 16.8. The highest BCUT2D eigenvalue weighted by Gasteiger charge is 2.10. The number of aromatic amines is 1. The molecule has 1 N–H and O–H groups in total. The lowest BCUT2D eigenvalue weighted by Crippen LogP contribution is -1.88. The number of H-pyrrole nitrogens is 1. The van der Waals surface area contributed by atoms with Crippen molar-refractivity contribution in [3.8, 4) is 0 Å². The Hall–Kier alpha value is -1.74. The molecule has 0 saturated carbocycles. The van der Waals surface area contributed by atoms with Crippen molar-refractivity contribution >= 4 is 22.8 Å². The highest BCUT2D eigenvalue weighted by molar-refractivity contribution is 7.99. The number of nitrogens with zero attached hydrogens (tertiary/aromatic N) is 1. The van der Waals surface area contributed by atoms with E-state index >= 15 is 0 Å². The molecule has 3 heteroatoms. The first-order valence-corrected chi connectivity index (χ1v) is 7.28. The Kier molecular flexibility index (Phi) is 3.30. The molecule has 0 radical (unpaired) electrons. The minimum atomic E-state index is 0.392. The van der Waals surface area contributed by atoms with Crippen LogP contribution in [0.25, 0.3) is 11.0 Å². The first-order valence-electron chi connectivity index (χ1n) is 6.40. The molecule has 19 heavy (non-hydrogen) atoms. The van der Waals surface area contributed by atoms with Gasteiger partial charge in [0.2, 0.25) is 0 Å². The zero-order chi connectivity index (χ0) is 13.2. The number of hydrogen-bond donors (Lipinski definition) is 1. The van der Waals surface area contributed by atoms with Crippen molar-refractivity contribution in [2.45, 2.75) is 24.3 Å². The number of benzene rings is 2. The van der Waals surface area contributed by atoms with Gasteiger partial charge >= 0.3 is 0 Å². The second-order valence-corrected chi connectivity index (χ2v) is 6.06. The molecule has 96 valence electrons. The topological polar surface area (TPSA) is 28.7 Å². The van der Waals surface area contributed by atoms with Gasteiger partial charge in [-0.3, -0.25) is 0 Å². The van der Waals surface area contributed by atoms with Crippen LogP contribution in [0.5, 0.6) is 0 Å². The molecular weight excluding hydrogens is 252 g/mol. The van der Waals surface area contributed by atoms with Gasteiger partial charge in [0.05, 0.1) is 11.0 Å². The van der Waals surface area contributed by atoms with Gasteiger partial charge in [-0.1, -0.05) is 48.2 Å². The molecule has 2 aromatic carbocycles. The van der Waals surface area contributed by atoms with E-state index in [1.165, 1.54) is 11.1 Å². The predicted octanol–water partition coefficient (Wildman–Crippen LogP) is 4.72. The van der Waals surface area contributed by atoms with E-state index in [4.69, 9.17) is 0 Å². The largest absolute Gasteiger partial charge is 0.333 e. The van der Waals surface area contributed by atoms with Gasteiger partial charge in [-0.2, -0.15) is 0 Å². The molecule has 3 aromatic rings. The zero-order valence-corrected chi connectivity index (χ0v) is 11.9. The van der Waals surface area contributed by atoms with E-state index in [0.717, 1.165) is 16.2 Å². The highest BCUT2D eigenvalue weighted by Crippen LogP contribution is 2.33. The summed E-state index contributed by atoms with van der Waals surface area (Å²) in [5.41, 5.74) is 4.73. The van der Waals surface area contributed by atoms with E-state index in [-0.39, 0.29) is 0 Å². The van der Waals surface area contributed by atoms with Crippen molar-refractivity contribution in [2.75, 3.05) is 0 Å². The Morgan fingerprint density at radius 2 is 1.89 bits per heavy atom. The zero-order valence-electron chi connectivity index (χ0n) is 11.1. The van der Waals surface area contributed by atoms with E-state index in [2.05, 4.69) is 66.3 Å². The van der Waals surface area contributed by atoms with Gasteiger partial charge in [0.15, 0.2) is 5.16 Å². The van der Waals surface area contributed by atoms with Crippen molar-refractivity contribution in [2.24, 2.45) is 0 Å². The lowest BCUT2D eigenvalue weighted by molar-refractivity contribution is 1.03. The van der Waals surface area contributed by atoms with Gasteiger partial charge in [0.25, 0.3) is 0 Å². The first kappa shape index (κ1) is 12.3. The number of imidazole rings is 1. The van der Waals surface area contributed by atoms with Crippen LogP contribution in [-0.4, -0.2) is 9.97 Å². The monoisotopic (exact) mass is 268 g/mol. The maximum atomic E-state index is 4.63. The summed E-state index contributed by atoms with van der Waals surface area (Å²) in [7, 11) is 0. The third kappa shape index (κ3) is 2.66. The second-order valence-electron chi connectivity index (χ2n) is 4.73. The van der Waals surface area contributed by atoms with Crippen LogP contribution in [-0.2, 0) is 0 Å². The summed E-state index contributed by atoms with van der Waals surface area (Å²) in [6.45, 7) is 4.30. The summed E-state index contributed by atoms with van der Waals surface area (Å²) in [4.78, 5) is 8.02. The fourth-order valence-corrected chi connectivity index (χ4v) is 3.06. The molecule has 2 nitrogen and oxygen atoms in total. The van der Waals surface area contributed by atoms with Crippen LogP contribution in [0.3, 0.4) is 0 Å². The maximum absolute atomic E-state index is 4.63. The van der Waals surface area contributed by atoms with E-state index in [0.29, 0.717) is 5.25 Å². The van der Waals surface area contributed by atoms with Crippen LogP contribution in [0.4, 0.5) is 0 Å². The fraction of sp³-hybridized carbons (Fsp3) is 0.188. The Labute approximate surface area is 117 Å². The van der Waals surface area contributed by atoms with Crippen LogP contribution in [0.15, 0.2) is 53.7 Å². The van der Waals surface area contributed by atoms with Crippen molar-refractivity contribution in [3.05, 3.63) is 59.7 Å². The molecule has 0 aliphatic carbocycles. The molecule has 0 fully saturated rings. The smallest absolute Gasteiger partial charge is 0.166 e. The van der Waals surface area contributed by atoms with E-state index in [1.54, 1.807) is 11.8 Å². The van der Waals surface area contributed by atoms with Gasteiger partial charge < -0.3 is 4.98 Å². The minimum absolute atomic E-state index is 0.392. The molecule has 0 bridgehead atoms. The number of aryl methyl sites for hydroxylation is 1. The Bertz CT molecular complexity index is 688. The minimum Gasteiger partial charge on any atom is -0.333 e. The molecule has 0 spiro atoms. The summed E-state index contributed by atoms with van der Waals surface area (Å²) in [5, 5.41) is 1.37. The molecule has 0 saturated heterocycles. The van der Waals surface area contributed by atoms with Crippen molar-refractivity contribution in [3.63, 3.8) is 0 Å². The van der Waals surface area contributed by atoms with Crippen LogP contribution < -0.4 is 0 Å². The van der Waals surface area contributed by atoms with E-state index < -0.39 is 0 Å². The summed E-state index contributed by atoms with van der Waals surface area (Å²) < 4.78 is 0. The van der Waals surface area contributed by atoms with Gasteiger partial charge in [-0.05, 0) is 37.1 Å². The Morgan fingerprint density at radius 3 is 2.68 bits per heavy atom. The quantitative estimate of drug-likeness (QED) is 0.696. The number of hydrogen-bond acceptors (Lipinski definition) is 2. The number of thioether (sulfide) groups is 1. The average molecular weight is 268 g/mol. The lowest BCUT2D eigenvalue weighted by atomic mass is 10.2. The first-order chi connectivity index (χ1) is 9.22. The molecule has 1 heterocycles. The van der Waals surface area contributed by atoms with Gasteiger partial charge in [0.1, 0.15) is 0 Å². The average Bonchev–Trinajstić information content (AvgIpc) is 2.81. The molecule has 1 atom stereocenters. The van der Waals surface area contributed by atoms with Crippen LogP contribution in [0.2, 0.25) is 0 Å². The van der Waals surface area contributed by atoms with Crippen LogP contribution in [0, 0.1) is 6.92 Å². The predicted molar refractivity (Wildman–Crippen MR) is 81.5 cm³/mol. The normalized spacial score (nSPS) is 12.7. The van der Waals surface area contributed by atoms with E-state index in [1.807, 2.05) is 6.07 Å². The Morgan fingerprint density at radius 1 is 1.11 bits per heavy atom. The summed E-state index contributed by atoms with van der Waals surface area (Å²) in [5.74, 6) is 0. The number of nitrogens with one attached hydrogen (secondary N) is 1. The van der Waals surface area contributed by atoms with Crippen molar-refractivity contribution in [1.82, 2.24) is 9.97 Å². The SMILES string of the molecule is Cc1ccc2nc(S[C@@H](C)c3ccccc3)[nH]c2c1. The highest BCUT2D eigenvalue weighted by atomic mass is 32.2. The van der Waals surface area contributed by atoms with Gasteiger partial charge in [-0.15, -0.1) is 0 Å². The third-order valence-electron chi connectivity index (χ3n) is 3.17. The maximum Gasteiger partial charge on any atom is 0.166 e.